The van der Waals surface area contributed by atoms with Crippen LogP contribution in [0.3, 0.4) is 0 Å². The molecule has 0 aliphatic rings. The standard InChI is InChI=1S/C6H4N2O2/c9-6(10)2-1-5-3-7-4-8-5/h3-4H,(H,7,8)(H,9,10). The first-order valence-electron chi connectivity index (χ1n) is 2.52. The smallest absolute Gasteiger partial charge is 0.382 e. The Morgan fingerprint density at radius 2 is 2.60 bits per heavy atom. The van der Waals surface area contributed by atoms with E-state index in [1.807, 2.05) is 5.92 Å². The van der Waals surface area contributed by atoms with Crippen molar-refractivity contribution in [1.82, 2.24) is 9.97 Å². The zero-order valence-electron chi connectivity index (χ0n) is 4.96. The van der Waals surface area contributed by atoms with Crippen LogP contribution in [0.5, 0.6) is 0 Å². The first-order valence-corrected chi connectivity index (χ1v) is 2.52. The minimum Gasteiger partial charge on any atom is -0.472 e. The summed E-state index contributed by atoms with van der Waals surface area (Å²) in [6, 6.07) is 0. The van der Waals surface area contributed by atoms with Crippen LogP contribution in [0.2, 0.25) is 0 Å². The first-order chi connectivity index (χ1) is 4.79. The molecule has 1 aromatic heterocycles. The van der Waals surface area contributed by atoms with Crippen LogP contribution in [0.15, 0.2) is 12.5 Å². The molecule has 1 heterocycles. The van der Waals surface area contributed by atoms with Gasteiger partial charge in [0.25, 0.3) is 0 Å². The van der Waals surface area contributed by atoms with Gasteiger partial charge in [0, 0.05) is 5.92 Å². The largest absolute Gasteiger partial charge is 0.472 e. The molecule has 1 rings (SSSR count). The maximum atomic E-state index is 9.89. The number of hydrogen-bond donors (Lipinski definition) is 2. The molecule has 0 saturated carbocycles. The second kappa shape index (κ2) is 2.69. The number of aromatic amines is 1. The Morgan fingerprint density at radius 1 is 1.80 bits per heavy atom. The van der Waals surface area contributed by atoms with Crippen LogP contribution in [0.4, 0.5) is 0 Å². The van der Waals surface area contributed by atoms with Gasteiger partial charge < -0.3 is 10.1 Å². The van der Waals surface area contributed by atoms with Crippen LogP contribution < -0.4 is 0 Å². The van der Waals surface area contributed by atoms with Crippen LogP contribution >= 0.6 is 0 Å². The predicted octanol–water partition coefficient (Wildman–Crippen LogP) is -0.154. The van der Waals surface area contributed by atoms with E-state index in [0.29, 0.717) is 5.69 Å². The fourth-order valence-corrected chi connectivity index (χ4v) is 0.445. The summed E-state index contributed by atoms with van der Waals surface area (Å²) < 4.78 is 0. The average molecular weight is 136 g/mol. The zero-order valence-corrected chi connectivity index (χ0v) is 4.96. The fraction of sp³-hybridized carbons (Fsp3) is 0. The third-order valence-corrected chi connectivity index (χ3v) is 0.802. The molecule has 4 nitrogen and oxygen atoms in total. The summed E-state index contributed by atoms with van der Waals surface area (Å²) in [5.41, 5.74) is 0.502. The molecule has 2 N–H and O–H groups in total. The molecule has 0 aliphatic carbocycles. The molecule has 0 spiro atoms. The number of aliphatic carboxylic acids is 1. The van der Waals surface area contributed by atoms with Crippen molar-refractivity contribution in [3.05, 3.63) is 18.2 Å². The molecule has 0 saturated heterocycles. The molecule has 0 unspecified atom stereocenters. The Labute approximate surface area is 56.9 Å². The van der Waals surface area contributed by atoms with E-state index in [1.54, 1.807) is 0 Å². The number of carboxylic acid groups (broad SMARTS) is 1. The molecule has 0 aromatic carbocycles. The monoisotopic (exact) mass is 136 g/mol. The van der Waals surface area contributed by atoms with Gasteiger partial charge in [0.05, 0.1) is 12.5 Å². The normalized spacial score (nSPS) is 8.00. The topological polar surface area (TPSA) is 66.0 Å². The molecule has 4 heteroatoms. The first kappa shape index (κ1) is 6.36. The quantitative estimate of drug-likeness (QED) is 0.487. The van der Waals surface area contributed by atoms with Crippen LogP contribution in [-0.2, 0) is 4.79 Å². The summed E-state index contributed by atoms with van der Waals surface area (Å²) in [5, 5.41) is 8.10. The number of imidazole rings is 1. The summed E-state index contributed by atoms with van der Waals surface area (Å²) in [6.07, 6.45) is 2.89. The van der Waals surface area contributed by atoms with Gasteiger partial charge in [-0.05, 0) is 5.92 Å². The molecular weight excluding hydrogens is 132 g/mol. The van der Waals surface area contributed by atoms with Crippen molar-refractivity contribution in [1.29, 1.82) is 0 Å². The van der Waals surface area contributed by atoms with Gasteiger partial charge in [0.15, 0.2) is 0 Å². The van der Waals surface area contributed by atoms with Crippen molar-refractivity contribution in [2.45, 2.75) is 0 Å². The number of H-pyrrole nitrogens is 1. The molecule has 10 heavy (non-hydrogen) atoms. The minimum atomic E-state index is -1.14. The third-order valence-electron chi connectivity index (χ3n) is 0.802. The highest BCUT2D eigenvalue weighted by atomic mass is 16.4. The summed E-state index contributed by atoms with van der Waals surface area (Å²) in [7, 11) is 0. The number of hydrogen-bond acceptors (Lipinski definition) is 2. The Morgan fingerprint density at radius 3 is 3.10 bits per heavy atom. The van der Waals surface area contributed by atoms with Crippen molar-refractivity contribution in [2.75, 3.05) is 0 Å². The Hall–Kier alpha value is -1.76. The van der Waals surface area contributed by atoms with Crippen molar-refractivity contribution in [2.24, 2.45) is 0 Å². The zero-order chi connectivity index (χ0) is 7.40. The van der Waals surface area contributed by atoms with Crippen LogP contribution in [0.25, 0.3) is 0 Å². The molecule has 0 radical (unpaired) electrons. The lowest BCUT2D eigenvalue weighted by molar-refractivity contribution is -0.130. The highest BCUT2D eigenvalue weighted by molar-refractivity contribution is 5.87. The molecule has 50 valence electrons. The number of nitrogens with zero attached hydrogens (tertiary/aromatic N) is 1. The average Bonchev–Trinajstić information content (AvgIpc) is 2.34. The summed E-state index contributed by atoms with van der Waals surface area (Å²) >= 11 is 0. The second-order valence-corrected chi connectivity index (χ2v) is 1.52. The van der Waals surface area contributed by atoms with E-state index in [1.165, 1.54) is 12.5 Å². The summed E-state index contributed by atoms with van der Waals surface area (Å²) in [4.78, 5) is 16.2. The molecular formula is C6H4N2O2. The van der Waals surface area contributed by atoms with E-state index in [-0.39, 0.29) is 0 Å². The van der Waals surface area contributed by atoms with Crippen LogP contribution in [0.1, 0.15) is 5.69 Å². The summed E-state index contributed by atoms with van der Waals surface area (Å²) in [6.45, 7) is 0. The lowest BCUT2D eigenvalue weighted by atomic mass is 10.5. The van der Waals surface area contributed by atoms with Gasteiger partial charge in [-0.3, -0.25) is 0 Å². The van der Waals surface area contributed by atoms with Crippen LogP contribution in [0, 0.1) is 11.8 Å². The van der Waals surface area contributed by atoms with Gasteiger partial charge in [-0.15, -0.1) is 0 Å². The predicted molar refractivity (Wildman–Crippen MR) is 33.1 cm³/mol. The van der Waals surface area contributed by atoms with Gasteiger partial charge in [0.2, 0.25) is 0 Å². The van der Waals surface area contributed by atoms with Crippen molar-refractivity contribution in [3.63, 3.8) is 0 Å². The maximum absolute atomic E-state index is 9.89. The van der Waals surface area contributed by atoms with Gasteiger partial charge in [0.1, 0.15) is 5.69 Å². The Kier molecular flexibility index (Phi) is 1.71. The molecule has 0 aliphatic heterocycles. The third kappa shape index (κ3) is 1.63. The molecule has 0 fully saturated rings. The van der Waals surface area contributed by atoms with E-state index in [0.717, 1.165) is 0 Å². The lowest BCUT2D eigenvalue weighted by Crippen LogP contribution is -1.86. The maximum Gasteiger partial charge on any atom is 0.382 e. The van der Waals surface area contributed by atoms with E-state index >= 15 is 0 Å². The van der Waals surface area contributed by atoms with Crippen molar-refractivity contribution in [3.8, 4) is 11.8 Å². The molecule has 0 amide bonds. The highest BCUT2D eigenvalue weighted by Crippen LogP contribution is 1.84. The van der Waals surface area contributed by atoms with Crippen molar-refractivity contribution < 1.29 is 9.90 Å². The van der Waals surface area contributed by atoms with Gasteiger partial charge in [-0.25, -0.2) is 9.78 Å². The Balaban J connectivity index is 2.75. The highest BCUT2D eigenvalue weighted by Gasteiger charge is 1.86. The van der Waals surface area contributed by atoms with Crippen molar-refractivity contribution >= 4 is 5.97 Å². The van der Waals surface area contributed by atoms with E-state index < -0.39 is 5.97 Å². The molecule has 0 bridgehead atoms. The number of carboxylic acids is 1. The van der Waals surface area contributed by atoms with Gasteiger partial charge >= 0.3 is 5.97 Å². The number of carbonyl (C=O) groups is 1. The van der Waals surface area contributed by atoms with E-state index in [2.05, 4.69) is 15.9 Å². The SMILES string of the molecule is O=C(O)C#Cc1cnc[nH]1. The summed E-state index contributed by atoms with van der Waals surface area (Å²) in [5.74, 6) is 3.16. The van der Waals surface area contributed by atoms with Crippen LogP contribution in [-0.4, -0.2) is 21.0 Å². The number of rotatable bonds is 0. The Bertz CT molecular complexity index is 278. The minimum absolute atomic E-state index is 0.502. The van der Waals surface area contributed by atoms with E-state index in [9.17, 15) is 4.79 Å². The van der Waals surface area contributed by atoms with Gasteiger partial charge in [-0.1, -0.05) is 0 Å². The molecule has 0 atom stereocenters. The number of nitrogens with one attached hydrogen (secondary N) is 1. The molecule has 1 aromatic rings. The fourth-order valence-electron chi connectivity index (χ4n) is 0.445. The van der Waals surface area contributed by atoms with Gasteiger partial charge in [-0.2, -0.15) is 0 Å². The second-order valence-electron chi connectivity index (χ2n) is 1.52. The van der Waals surface area contributed by atoms with E-state index in [4.69, 9.17) is 5.11 Å². The lowest BCUT2D eigenvalue weighted by Gasteiger charge is -1.73. The number of aromatic nitrogens is 2.